The van der Waals surface area contributed by atoms with Crippen molar-refractivity contribution in [1.29, 1.82) is 0 Å². The summed E-state index contributed by atoms with van der Waals surface area (Å²) < 4.78 is 29.9. The van der Waals surface area contributed by atoms with E-state index >= 15 is 0 Å². The fourth-order valence-electron chi connectivity index (χ4n) is 1.28. The number of aryl methyl sites for hydroxylation is 1. The number of hydrogen-bond donors (Lipinski definition) is 0. The van der Waals surface area contributed by atoms with Gasteiger partial charge in [0, 0.05) is 10.9 Å². The first kappa shape index (κ1) is 13.0. The minimum atomic E-state index is -2.66. The lowest BCUT2D eigenvalue weighted by Crippen LogP contribution is -2.09. The quantitative estimate of drug-likeness (QED) is 0.635. The van der Waals surface area contributed by atoms with Crippen LogP contribution in [0.3, 0.4) is 0 Å². The Morgan fingerprint density at radius 1 is 1.62 bits per heavy atom. The second-order valence-corrected chi connectivity index (χ2v) is 3.64. The van der Waals surface area contributed by atoms with Crippen LogP contribution in [0.4, 0.5) is 8.78 Å². The standard InChI is InChI=1S/C10H10BrF2NO2/c1-5-6(10(15)16-2)3-7(9(12)13)8(4-11)14-5/h3,9H,4H2,1-2H3. The number of esters is 1. The van der Waals surface area contributed by atoms with E-state index in [-0.39, 0.29) is 22.2 Å². The predicted octanol–water partition coefficient (Wildman–Crippen LogP) is 3.01. The number of carbonyl (C=O) groups is 1. The maximum Gasteiger partial charge on any atom is 0.339 e. The highest BCUT2D eigenvalue weighted by Gasteiger charge is 2.19. The van der Waals surface area contributed by atoms with E-state index in [0.29, 0.717) is 5.69 Å². The molecule has 3 nitrogen and oxygen atoms in total. The molecule has 0 unspecified atom stereocenters. The molecule has 88 valence electrons. The molecule has 1 rings (SSSR count). The zero-order chi connectivity index (χ0) is 12.3. The molecule has 0 spiro atoms. The van der Waals surface area contributed by atoms with Crippen LogP contribution >= 0.6 is 15.9 Å². The van der Waals surface area contributed by atoms with Crippen LogP contribution < -0.4 is 0 Å². The summed E-state index contributed by atoms with van der Waals surface area (Å²) >= 11 is 3.08. The summed E-state index contributed by atoms with van der Waals surface area (Å²) in [4.78, 5) is 15.2. The average Bonchev–Trinajstić information content (AvgIpc) is 2.27. The molecule has 0 amide bonds. The molecule has 1 aromatic heterocycles. The summed E-state index contributed by atoms with van der Waals surface area (Å²) in [5.74, 6) is -0.659. The first-order chi connectivity index (χ1) is 7.51. The van der Waals surface area contributed by atoms with Gasteiger partial charge < -0.3 is 4.74 Å². The summed E-state index contributed by atoms with van der Waals surface area (Å²) in [7, 11) is 1.20. The van der Waals surface area contributed by atoms with Gasteiger partial charge in [0.25, 0.3) is 6.43 Å². The number of hydrogen-bond acceptors (Lipinski definition) is 3. The highest BCUT2D eigenvalue weighted by atomic mass is 79.9. The molecule has 0 saturated heterocycles. The van der Waals surface area contributed by atoms with Gasteiger partial charge in [-0.25, -0.2) is 13.6 Å². The number of carbonyl (C=O) groups excluding carboxylic acids is 1. The van der Waals surface area contributed by atoms with E-state index < -0.39 is 12.4 Å². The number of ether oxygens (including phenoxy) is 1. The van der Waals surface area contributed by atoms with E-state index in [1.165, 1.54) is 7.11 Å². The molecule has 1 aromatic rings. The average molecular weight is 294 g/mol. The van der Waals surface area contributed by atoms with Gasteiger partial charge in [-0.1, -0.05) is 15.9 Å². The third-order valence-electron chi connectivity index (χ3n) is 2.09. The molecule has 0 fully saturated rings. The number of rotatable bonds is 3. The van der Waals surface area contributed by atoms with Gasteiger partial charge in [-0.05, 0) is 13.0 Å². The van der Waals surface area contributed by atoms with E-state index in [2.05, 4.69) is 25.7 Å². The van der Waals surface area contributed by atoms with Crippen LogP contribution in [0.15, 0.2) is 6.07 Å². The fraction of sp³-hybridized carbons (Fsp3) is 0.400. The normalized spacial score (nSPS) is 10.6. The Morgan fingerprint density at radius 2 is 2.25 bits per heavy atom. The van der Waals surface area contributed by atoms with E-state index in [4.69, 9.17) is 0 Å². The number of alkyl halides is 3. The van der Waals surface area contributed by atoms with Crippen LogP contribution in [-0.4, -0.2) is 18.1 Å². The highest BCUT2D eigenvalue weighted by molar-refractivity contribution is 9.08. The molecule has 0 saturated carbocycles. The van der Waals surface area contributed by atoms with Gasteiger partial charge in [0.2, 0.25) is 0 Å². The van der Waals surface area contributed by atoms with Gasteiger partial charge in [-0.2, -0.15) is 0 Å². The van der Waals surface area contributed by atoms with Crippen LogP contribution in [0.2, 0.25) is 0 Å². The lowest BCUT2D eigenvalue weighted by molar-refractivity contribution is 0.0598. The molecule has 0 aliphatic carbocycles. The van der Waals surface area contributed by atoms with Crippen molar-refractivity contribution in [2.45, 2.75) is 18.7 Å². The van der Waals surface area contributed by atoms with Crippen molar-refractivity contribution >= 4 is 21.9 Å². The molecule has 0 aliphatic heterocycles. The predicted molar refractivity (Wildman–Crippen MR) is 57.9 cm³/mol. The zero-order valence-corrected chi connectivity index (χ0v) is 10.3. The van der Waals surface area contributed by atoms with E-state index in [0.717, 1.165) is 6.07 Å². The van der Waals surface area contributed by atoms with Crippen LogP contribution in [-0.2, 0) is 10.1 Å². The van der Waals surface area contributed by atoms with Crippen LogP contribution in [0, 0.1) is 6.92 Å². The minimum Gasteiger partial charge on any atom is -0.465 e. The number of pyridine rings is 1. The molecule has 0 radical (unpaired) electrons. The zero-order valence-electron chi connectivity index (χ0n) is 8.76. The lowest BCUT2D eigenvalue weighted by atomic mass is 10.1. The summed E-state index contributed by atoms with van der Waals surface area (Å²) in [6.45, 7) is 1.58. The topological polar surface area (TPSA) is 39.2 Å². The summed E-state index contributed by atoms with van der Waals surface area (Å²) in [6, 6.07) is 1.13. The van der Waals surface area contributed by atoms with Gasteiger partial charge >= 0.3 is 5.97 Å². The Kier molecular flexibility index (Phi) is 4.35. The largest absolute Gasteiger partial charge is 0.465 e. The molecule has 6 heteroatoms. The Bertz CT molecular complexity index is 410. The van der Waals surface area contributed by atoms with Gasteiger partial charge in [0.05, 0.1) is 24.1 Å². The molecule has 16 heavy (non-hydrogen) atoms. The molecule has 0 bridgehead atoms. The van der Waals surface area contributed by atoms with Crippen molar-refractivity contribution in [2.75, 3.05) is 7.11 Å². The highest BCUT2D eigenvalue weighted by Crippen LogP contribution is 2.25. The minimum absolute atomic E-state index is 0.0718. The van der Waals surface area contributed by atoms with Crippen molar-refractivity contribution in [3.63, 3.8) is 0 Å². The van der Waals surface area contributed by atoms with Gasteiger partial charge in [-0.3, -0.25) is 4.98 Å². The first-order valence-corrected chi connectivity index (χ1v) is 5.56. The number of nitrogens with zero attached hydrogens (tertiary/aromatic N) is 1. The number of methoxy groups -OCH3 is 1. The Morgan fingerprint density at radius 3 is 2.69 bits per heavy atom. The third kappa shape index (κ3) is 2.55. The van der Waals surface area contributed by atoms with E-state index in [1.807, 2.05) is 0 Å². The lowest BCUT2D eigenvalue weighted by Gasteiger charge is -2.10. The van der Waals surface area contributed by atoms with Crippen LogP contribution in [0.1, 0.15) is 33.7 Å². The van der Waals surface area contributed by atoms with Crippen molar-refractivity contribution in [3.05, 3.63) is 28.6 Å². The maximum atomic E-state index is 12.7. The Hall–Kier alpha value is -1.04. The molecular weight excluding hydrogens is 284 g/mol. The SMILES string of the molecule is COC(=O)c1cc(C(F)F)c(CBr)nc1C. The first-order valence-electron chi connectivity index (χ1n) is 4.44. The van der Waals surface area contributed by atoms with Crippen LogP contribution in [0.25, 0.3) is 0 Å². The fourth-order valence-corrected chi connectivity index (χ4v) is 1.73. The molecule has 1 heterocycles. The Labute approximate surface area is 99.9 Å². The Balaban J connectivity index is 3.33. The van der Waals surface area contributed by atoms with E-state index in [1.54, 1.807) is 6.92 Å². The smallest absolute Gasteiger partial charge is 0.339 e. The number of halogens is 3. The molecule has 0 atom stereocenters. The van der Waals surface area contributed by atoms with Crippen molar-refractivity contribution in [2.24, 2.45) is 0 Å². The number of aromatic nitrogens is 1. The van der Waals surface area contributed by atoms with Crippen molar-refractivity contribution in [1.82, 2.24) is 4.98 Å². The molecule has 0 aromatic carbocycles. The second-order valence-electron chi connectivity index (χ2n) is 3.08. The maximum absolute atomic E-state index is 12.7. The van der Waals surface area contributed by atoms with Crippen molar-refractivity contribution < 1.29 is 18.3 Å². The summed E-state index contributed by atoms with van der Waals surface area (Å²) in [5.41, 5.74) is 0.441. The second kappa shape index (κ2) is 5.34. The molecular formula is C10H10BrF2NO2. The monoisotopic (exact) mass is 293 g/mol. The van der Waals surface area contributed by atoms with Gasteiger partial charge in [0.1, 0.15) is 0 Å². The van der Waals surface area contributed by atoms with E-state index in [9.17, 15) is 13.6 Å². The van der Waals surface area contributed by atoms with Crippen molar-refractivity contribution in [3.8, 4) is 0 Å². The molecule has 0 aliphatic rings. The molecule has 0 N–H and O–H groups in total. The van der Waals surface area contributed by atoms with Gasteiger partial charge in [0.15, 0.2) is 0 Å². The van der Waals surface area contributed by atoms with Crippen LogP contribution in [0.5, 0.6) is 0 Å². The third-order valence-corrected chi connectivity index (χ3v) is 2.62. The van der Waals surface area contributed by atoms with Gasteiger partial charge in [-0.15, -0.1) is 0 Å². The summed E-state index contributed by atoms with van der Waals surface area (Å²) in [5, 5.41) is 0.217. The summed E-state index contributed by atoms with van der Waals surface area (Å²) in [6.07, 6.45) is -2.66.